The molecule has 1 aliphatic carbocycles. The van der Waals surface area contributed by atoms with E-state index in [9.17, 15) is 9.59 Å². The number of carbonyl (C=O) groups excluding carboxylic acids is 2. The van der Waals surface area contributed by atoms with Crippen molar-refractivity contribution in [2.24, 2.45) is 0 Å². The van der Waals surface area contributed by atoms with Gasteiger partial charge in [-0.3, -0.25) is 9.59 Å². The molecule has 1 aromatic heterocycles. The summed E-state index contributed by atoms with van der Waals surface area (Å²) in [5.74, 6) is 0.714. The SMILES string of the molecule is CC(=O)Nc1ccc(C(=O)NC2(c3noc(C)n3)CCCCC2)cc1. The predicted octanol–water partition coefficient (Wildman–Crippen LogP) is 2.93. The van der Waals surface area contributed by atoms with E-state index in [-0.39, 0.29) is 11.8 Å². The molecule has 2 aromatic rings. The smallest absolute Gasteiger partial charge is 0.252 e. The second kappa shape index (κ2) is 7.04. The normalized spacial score (nSPS) is 16.2. The number of nitrogens with one attached hydrogen (secondary N) is 2. The summed E-state index contributed by atoms with van der Waals surface area (Å²) in [5.41, 5.74) is 0.605. The predicted molar refractivity (Wildman–Crippen MR) is 92.0 cm³/mol. The first-order valence-corrected chi connectivity index (χ1v) is 8.49. The molecule has 1 saturated carbocycles. The lowest BCUT2D eigenvalue weighted by molar-refractivity contribution is -0.114. The summed E-state index contributed by atoms with van der Waals surface area (Å²) in [4.78, 5) is 28.2. The molecule has 1 aliphatic rings. The minimum absolute atomic E-state index is 0.147. The van der Waals surface area contributed by atoms with E-state index in [0.717, 1.165) is 32.1 Å². The Kier molecular flexibility index (Phi) is 4.83. The average molecular weight is 342 g/mol. The molecule has 0 atom stereocenters. The first-order chi connectivity index (χ1) is 12.0. The Hall–Kier alpha value is -2.70. The van der Waals surface area contributed by atoms with Crippen LogP contribution in [-0.4, -0.2) is 22.0 Å². The van der Waals surface area contributed by atoms with Crippen LogP contribution in [0.4, 0.5) is 5.69 Å². The van der Waals surface area contributed by atoms with Gasteiger partial charge in [-0.25, -0.2) is 0 Å². The highest BCUT2D eigenvalue weighted by Crippen LogP contribution is 2.36. The van der Waals surface area contributed by atoms with Crippen molar-refractivity contribution >= 4 is 17.5 Å². The van der Waals surface area contributed by atoms with Crippen molar-refractivity contribution in [3.63, 3.8) is 0 Å². The Balaban J connectivity index is 1.79. The molecule has 0 saturated heterocycles. The van der Waals surface area contributed by atoms with Crippen molar-refractivity contribution < 1.29 is 14.1 Å². The number of nitrogens with zero attached hydrogens (tertiary/aromatic N) is 2. The van der Waals surface area contributed by atoms with Crippen molar-refractivity contribution in [2.45, 2.75) is 51.5 Å². The van der Waals surface area contributed by atoms with Crippen LogP contribution in [0.5, 0.6) is 0 Å². The summed E-state index contributed by atoms with van der Waals surface area (Å²) in [6.07, 6.45) is 4.74. The maximum atomic E-state index is 12.7. The van der Waals surface area contributed by atoms with Crippen molar-refractivity contribution in [1.82, 2.24) is 15.5 Å². The van der Waals surface area contributed by atoms with Gasteiger partial charge in [0.05, 0.1) is 0 Å². The lowest BCUT2D eigenvalue weighted by atomic mass is 9.80. The zero-order valence-electron chi connectivity index (χ0n) is 14.5. The van der Waals surface area contributed by atoms with Gasteiger partial charge >= 0.3 is 0 Å². The zero-order valence-corrected chi connectivity index (χ0v) is 14.5. The number of benzene rings is 1. The number of amides is 2. The summed E-state index contributed by atoms with van der Waals surface area (Å²) >= 11 is 0. The highest BCUT2D eigenvalue weighted by molar-refractivity contribution is 5.96. The van der Waals surface area contributed by atoms with Crippen LogP contribution in [-0.2, 0) is 10.3 Å². The van der Waals surface area contributed by atoms with Crippen LogP contribution in [0.2, 0.25) is 0 Å². The van der Waals surface area contributed by atoms with Gasteiger partial charge in [0.15, 0.2) is 5.82 Å². The van der Waals surface area contributed by atoms with Crippen molar-refractivity contribution in [3.05, 3.63) is 41.5 Å². The highest BCUT2D eigenvalue weighted by atomic mass is 16.5. The number of hydrogen-bond acceptors (Lipinski definition) is 5. The molecular formula is C18H22N4O3. The summed E-state index contributed by atoms with van der Waals surface area (Å²) in [6.45, 7) is 3.19. The lowest BCUT2D eigenvalue weighted by Gasteiger charge is -2.35. The van der Waals surface area contributed by atoms with E-state index in [1.54, 1.807) is 31.2 Å². The van der Waals surface area contributed by atoms with Gasteiger partial charge in [0.1, 0.15) is 5.54 Å². The second-order valence-corrected chi connectivity index (χ2v) is 6.49. The second-order valence-electron chi connectivity index (χ2n) is 6.49. The summed E-state index contributed by atoms with van der Waals surface area (Å²) in [6, 6.07) is 6.81. The molecule has 2 amide bonds. The Bertz CT molecular complexity index is 761. The molecule has 1 fully saturated rings. The van der Waals surface area contributed by atoms with Crippen LogP contribution in [0.1, 0.15) is 61.1 Å². The van der Waals surface area contributed by atoms with Gasteiger partial charge in [-0.05, 0) is 37.1 Å². The summed E-state index contributed by atoms with van der Waals surface area (Å²) < 4.78 is 5.13. The topological polar surface area (TPSA) is 97.1 Å². The van der Waals surface area contributed by atoms with Crippen LogP contribution < -0.4 is 10.6 Å². The van der Waals surface area contributed by atoms with Crippen molar-refractivity contribution in [1.29, 1.82) is 0 Å². The maximum absolute atomic E-state index is 12.7. The van der Waals surface area contributed by atoms with Gasteiger partial charge in [-0.15, -0.1) is 0 Å². The fraction of sp³-hybridized carbons (Fsp3) is 0.444. The number of hydrogen-bond donors (Lipinski definition) is 2. The molecule has 0 radical (unpaired) electrons. The van der Waals surface area contributed by atoms with E-state index in [0.29, 0.717) is 23.0 Å². The molecule has 0 spiro atoms. The first-order valence-electron chi connectivity index (χ1n) is 8.49. The summed E-state index contributed by atoms with van der Waals surface area (Å²) in [7, 11) is 0. The van der Waals surface area contributed by atoms with Gasteiger partial charge in [-0.1, -0.05) is 24.4 Å². The fourth-order valence-corrected chi connectivity index (χ4v) is 3.25. The fourth-order valence-electron chi connectivity index (χ4n) is 3.25. The lowest BCUT2D eigenvalue weighted by Crippen LogP contribution is -2.48. The molecule has 1 aromatic carbocycles. The molecule has 2 N–H and O–H groups in total. The standard InChI is InChI=1S/C18H22N4O3/c1-12(23)19-15-8-6-14(7-9-15)16(24)21-18(10-4-3-5-11-18)17-20-13(2)25-22-17/h6-9H,3-5,10-11H2,1-2H3,(H,19,23)(H,21,24). The largest absolute Gasteiger partial charge is 0.340 e. The number of anilines is 1. The average Bonchev–Trinajstić information content (AvgIpc) is 3.03. The van der Waals surface area contributed by atoms with Crippen LogP contribution in [0.3, 0.4) is 0 Å². The van der Waals surface area contributed by atoms with Gasteiger partial charge in [0, 0.05) is 25.1 Å². The Morgan fingerprint density at radius 3 is 2.36 bits per heavy atom. The third-order valence-corrected chi connectivity index (χ3v) is 4.48. The van der Waals surface area contributed by atoms with Gasteiger partial charge in [0.2, 0.25) is 11.8 Å². The number of carbonyl (C=O) groups is 2. The van der Waals surface area contributed by atoms with Gasteiger partial charge in [-0.2, -0.15) is 4.98 Å². The molecule has 7 nitrogen and oxygen atoms in total. The third-order valence-electron chi connectivity index (χ3n) is 4.48. The minimum Gasteiger partial charge on any atom is -0.340 e. The maximum Gasteiger partial charge on any atom is 0.252 e. The molecule has 1 heterocycles. The molecule has 3 rings (SSSR count). The minimum atomic E-state index is -0.580. The molecule has 25 heavy (non-hydrogen) atoms. The van der Waals surface area contributed by atoms with Crippen LogP contribution in [0, 0.1) is 6.92 Å². The number of rotatable bonds is 4. The zero-order chi connectivity index (χ0) is 17.9. The molecule has 0 aliphatic heterocycles. The molecular weight excluding hydrogens is 320 g/mol. The van der Waals surface area contributed by atoms with E-state index >= 15 is 0 Å². The van der Waals surface area contributed by atoms with Gasteiger partial charge < -0.3 is 15.2 Å². The highest BCUT2D eigenvalue weighted by Gasteiger charge is 2.39. The van der Waals surface area contributed by atoms with Crippen molar-refractivity contribution in [2.75, 3.05) is 5.32 Å². The molecule has 7 heteroatoms. The Morgan fingerprint density at radius 1 is 1.12 bits per heavy atom. The Labute approximate surface area is 146 Å². The number of aryl methyl sites for hydroxylation is 1. The van der Waals surface area contributed by atoms with E-state index in [1.807, 2.05) is 0 Å². The molecule has 0 bridgehead atoms. The quantitative estimate of drug-likeness (QED) is 0.890. The van der Waals surface area contributed by atoms with E-state index in [1.165, 1.54) is 6.92 Å². The third kappa shape index (κ3) is 3.87. The van der Waals surface area contributed by atoms with Crippen LogP contribution in [0.25, 0.3) is 0 Å². The molecule has 0 unspecified atom stereocenters. The number of aromatic nitrogens is 2. The van der Waals surface area contributed by atoms with Crippen LogP contribution in [0.15, 0.2) is 28.8 Å². The summed E-state index contributed by atoms with van der Waals surface area (Å²) in [5, 5.41) is 9.87. The molecule has 132 valence electrons. The van der Waals surface area contributed by atoms with E-state index in [2.05, 4.69) is 20.8 Å². The first kappa shape index (κ1) is 17.1. The van der Waals surface area contributed by atoms with E-state index < -0.39 is 5.54 Å². The monoisotopic (exact) mass is 342 g/mol. The van der Waals surface area contributed by atoms with Gasteiger partial charge in [0.25, 0.3) is 5.91 Å². The van der Waals surface area contributed by atoms with Crippen molar-refractivity contribution in [3.8, 4) is 0 Å². The van der Waals surface area contributed by atoms with Crippen LogP contribution >= 0.6 is 0 Å². The van der Waals surface area contributed by atoms with E-state index in [4.69, 9.17) is 4.52 Å². The Morgan fingerprint density at radius 2 is 1.80 bits per heavy atom.